The van der Waals surface area contributed by atoms with E-state index in [-0.39, 0.29) is 25.5 Å². The Morgan fingerprint density at radius 3 is 2.64 bits per heavy atom. The van der Waals surface area contributed by atoms with Gasteiger partial charge < -0.3 is 15.0 Å². The van der Waals surface area contributed by atoms with Gasteiger partial charge in [0.25, 0.3) is 5.91 Å². The van der Waals surface area contributed by atoms with Gasteiger partial charge in [0, 0.05) is 30.2 Å². The van der Waals surface area contributed by atoms with Crippen LogP contribution in [0.3, 0.4) is 0 Å². The van der Waals surface area contributed by atoms with E-state index in [2.05, 4.69) is 5.32 Å². The third-order valence-electron chi connectivity index (χ3n) is 4.63. The summed E-state index contributed by atoms with van der Waals surface area (Å²) in [6, 6.07) is 14.6. The molecular formula is C21H21ClN2O4. The first-order valence-electron chi connectivity index (χ1n) is 8.97. The van der Waals surface area contributed by atoms with Crippen molar-refractivity contribution in [3.8, 4) is 0 Å². The summed E-state index contributed by atoms with van der Waals surface area (Å²) in [5.41, 5.74) is 2.41. The summed E-state index contributed by atoms with van der Waals surface area (Å²) < 4.78 is 5.11. The maximum Gasteiger partial charge on any atom is 0.311 e. The van der Waals surface area contributed by atoms with Crippen LogP contribution in [0.15, 0.2) is 48.5 Å². The molecule has 1 atom stereocenters. The van der Waals surface area contributed by atoms with Crippen molar-refractivity contribution in [2.24, 2.45) is 5.92 Å². The molecule has 2 aromatic rings. The minimum atomic E-state index is -0.582. The molecule has 2 aromatic carbocycles. The molecule has 0 bridgehead atoms. The van der Waals surface area contributed by atoms with Crippen molar-refractivity contribution in [3.05, 3.63) is 64.7 Å². The first kappa shape index (κ1) is 19.9. The highest BCUT2D eigenvalue weighted by atomic mass is 35.5. The molecule has 0 aliphatic carbocycles. The lowest BCUT2D eigenvalue weighted by molar-refractivity contribution is -0.151. The van der Waals surface area contributed by atoms with Crippen LogP contribution in [-0.2, 0) is 25.7 Å². The first-order chi connectivity index (χ1) is 13.4. The van der Waals surface area contributed by atoms with Crippen LogP contribution in [0.5, 0.6) is 0 Å². The van der Waals surface area contributed by atoms with E-state index in [1.807, 2.05) is 43.3 Å². The van der Waals surface area contributed by atoms with Crippen molar-refractivity contribution < 1.29 is 19.1 Å². The number of carbonyl (C=O) groups is 3. The Bertz CT molecular complexity index is 899. The number of likely N-dealkylation sites (tertiary alicyclic amines) is 1. The number of hydrogen-bond donors (Lipinski definition) is 1. The van der Waals surface area contributed by atoms with Crippen molar-refractivity contribution in [2.45, 2.75) is 19.9 Å². The second-order valence-corrected chi connectivity index (χ2v) is 7.14. The van der Waals surface area contributed by atoms with Crippen LogP contribution in [0.4, 0.5) is 5.69 Å². The molecule has 7 heteroatoms. The molecule has 3 rings (SSSR count). The summed E-state index contributed by atoms with van der Waals surface area (Å²) in [6.45, 7) is 2.08. The van der Waals surface area contributed by atoms with Crippen molar-refractivity contribution >= 4 is 35.1 Å². The van der Waals surface area contributed by atoms with Crippen LogP contribution in [0.1, 0.15) is 17.5 Å². The van der Waals surface area contributed by atoms with E-state index >= 15 is 0 Å². The second-order valence-electron chi connectivity index (χ2n) is 6.74. The number of rotatable bonds is 6. The number of esters is 1. The van der Waals surface area contributed by atoms with Gasteiger partial charge in [-0.3, -0.25) is 14.4 Å². The Kier molecular flexibility index (Phi) is 6.31. The Balaban J connectivity index is 1.50. The zero-order valence-electron chi connectivity index (χ0n) is 15.5. The molecule has 1 fully saturated rings. The number of nitrogens with zero attached hydrogens (tertiary/aromatic N) is 1. The number of benzene rings is 2. The minimum absolute atomic E-state index is 0.0721. The van der Waals surface area contributed by atoms with E-state index in [1.54, 1.807) is 17.0 Å². The highest BCUT2D eigenvalue weighted by Crippen LogP contribution is 2.24. The lowest BCUT2D eigenvalue weighted by Gasteiger charge is -2.17. The quantitative estimate of drug-likeness (QED) is 0.755. The molecule has 146 valence electrons. The van der Waals surface area contributed by atoms with Crippen LogP contribution >= 0.6 is 11.6 Å². The van der Waals surface area contributed by atoms with Gasteiger partial charge in [-0.25, -0.2) is 0 Å². The Labute approximate surface area is 168 Å². The molecule has 0 saturated carbocycles. The van der Waals surface area contributed by atoms with Gasteiger partial charge in [-0.05, 0) is 30.2 Å². The molecule has 1 aliphatic rings. The smallest absolute Gasteiger partial charge is 0.311 e. The number of amides is 2. The van der Waals surface area contributed by atoms with Gasteiger partial charge in [0.15, 0.2) is 6.61 Å². The van der Waals surface area contributed by atoms with Crippen LogP contribution in [0.25, 0.3) is 0 Å². The SMILES string of the molecule is Cc1ccccc1NC(=O)COC(=O)[C@@H]1CC(=O)N(Cc2ccccc2Cl)C1. The average molecular weight is 401 g/mol. The predicted molar refractivity (Wildman–Crippen MR) is 106 cm³/mol. The molecule has 1 N–H and O–H groups in total. The number of carbonyl (C=O) groups excluding carboxylic acids is 3. The minimum Gasteiger partial charge on any atom is -0.455 e. The van der Waals surface area contributed by atoms with Gasteiger partial charge in [0.1, 0.15) is 0 Å². The van der Waals surface area contributed by atoms with Crippen LogP contribution < -0.4 is 5.32 Å². The highest BCUT2D eigenvalue weighted by molar-refractivity contribution is 6.31. The number of ether oxygens (including phenoxy) is 1. The summed E-state index contributed by atoms with van der Waals surface area (Å²) in [7, 11) is 0. The number of hydrogen-bond acceptors (Lipinski definition) is 4. The van der Waals surface area contributed by atoms with E-state index in [1.165, 1.54) is 0 Å². The maximum absolute atomic E-state index is 12.3. The zero-order chi connectivity index (χ0) is 20.1. The fourth-order valence-electron chi connectivity index (χ4n) is 3.07. The van der Waals surface area contributed by atoms with Gasteiger partial charge in [-0.2, -0.15) is 0 Å². The Hall–Kier alpha value is -2.86. The Morgan fingerprint density at radius 1 is 1.18 bits per heavy atom. The predicted octanol–water partition coefficient (Wildman–Crippen LogP) is 3.18. The molecule has 1 heterocycles. The summed E-state index contributed by atoms with van der Waals surface area (Å²) in [4.78, 5) is 38.1. The third kappa shape index (κ3) is 4.89. The van der Waals surface area contributed by atoms with Crippen molar-refractivity contribution in [1.82, 2.24) is 4.90 Å². The van der Waals surface area contributed by atoms with E-state index in [0.717, 1.165) is 11.1 Å². The van der Waals surface area contributed by atoms with E-state index in [9.17, 15) is 14.4 Å². The summed E-state index contributed by atoms with van der Waals surface area (Å²) in [5.74, 6) is -1.68. The molecule has 2 amide bonds. The molecule has 1 saturated heterocycles. The number of aryl methyl sites for hydroxylation is 1. The molecule has 1 aliphatic heterocycles. The summed E-state index contributed by atoms with van der Waals surface area (Å²) in [6.07, 6.45) is 0.0721. The molecule has 6 nitrogen and oxygen atoms in total. The van der Waals surface area contributed by atoms with Crippen molar-refractivity contribution in [3.63, 3.8) is 0 Å². The van der Waals surface area contributed by atoms with Crippen molar-refractivity contribution in [2.75, 3.05) is 18.5 Å². The molecule has 0 unspecified atom stereocenters. The number of anilines is 1. The number of nitrogens with one attached hydrogen (secondary N) is 1. The van der Waals surface area contributed by atoms with E-state index in [0.29, 0.717) is 17.3 Å². The van der Waals surface area contributed by atoms with Gasteiger partial charge in [-0.1, -0.05) is 48.0 Å². The normalized spacial score (nSPS) is 16.1. The standard InChI is InChI=1S/C21H21ClN2O4/c1-14-6-2-5-9-18(14)23-19(25)13-28-21(27)16-10-20(26)24(12-16)11-15-7-3-4-8-17(15)22/h2-9,16H,10-13H2,1H3,(H,23,25)/t16-/m1/s1. The number of para-hydroxylation sites is 1. The largest absolute Gasteiger partial charge is 0.455 e. The Morgan fingerprint density at radius 2 is 1.89 bits per heavy atom. The fourth-order valence-corrected chi connectivity index (χ4v) is 3.26. The van der Waals surface area contributed by atoms with Gasteiger partial charge >= 0.3 is 5.97 Å². The van der Waals surface area contributed by atoms with Gasteiger partial charge in [-0.15, -0.1) is 0 Å². The molecule has 28 heavy (non-hydrogen) atoms. The monoisotopic (exact) mass is 400 g/mol. The highest BCUT2D eigenvalue weighted by Gasteiger charge is 2.35. The average Bonchev–Trinajstić information content (AvgIpc) is 3.04. The van der Waals surface area contributed by atoms with Crippen LogP contribution in [0.2, 0.25) is 5.02 Å². The second kappa shape index (κ2) is 8.89. The summed E-state index contributed by atoms with van der Waals surface area (Å²) >= 11 is 6.14. The number of halogens is 1. The first-order valence-corrected chi connectivity index (χ1v) is 9.35. The third-order valence-corrected chi connectivity index (χ3v) is 5.00. The molecular weight excluding hydrogens is 380 g/mol. The van der Waals surface area contributed by atoms with E-state index < -0.39 is 17.8 Å². The molecule has 0 aromatic heterocycles. The van der Waals surface area contributed by atoms with Gasteiger partial charge in [0.2, 0.25) is 5.91 Å². The van der Waals surface area contributed by atoms with E-state index in [4.69, 9.17) is 16.3 Å². The van der Waals surface area contributed by atoms with Crippen molar-refractivity contribution in [1.29, 1.82) is 0 Å². The maximum atomic E-state index is 12.3. The topological polar surface area (TPSA) is 75.7 Å². The molecule has 0 spiro atoms. The fraction of sp³-hybridized carbons (Fsp3) is 0.286. The summed E-state index contributed by atoms with van der Waals surface area (Å²) in [5, 5.41) is 3.28. The van der Waals surface area contributed by atoms with Crippen LogP contribution in [-0.4, -0.2) is 35.8 Å². The zero-order valence-corrected chi connectivity index (χ0v) is 16.2. The lowest BCUT2D eigenvalue weighted by atomic mass is 10.1. The molecule has 0 radical (unpaired) electrons. The van der Waals surface area contributed by atoms with Crippen LogP contribution in [0, 0.1) is 12.8 Å². The van der Waals surface area contributed by atoms with Gasteiger partial charge in [0.05, 0.1) is 5.92 Å². The lowest BCUT2D eigenvalue weighted by Crippen LogP contribution is -2.28.